The molecule has 3 heteroatoms. The molecule has 0 N–H and O–H groups in total. The topological polar surface area (TPSA) is 46.7 Å². The molecule has 0 aromatic heterocycles. The average molecular weight is 214 g/mol. The zero-order chi connectivity index (χ0) is 11.2. The molecule has 1 saturated heterocycles. The molecule has 2 unspecified atom stereocenters. The first kappa shape index (κ1) is 9.48. The van der Waals surface area contributed by atoms with E-state index in [-0.39, 0.29) is 11.6 Å². The van der Waals surface area contributed by atoms with E-state index < -0.39 is 11.7 Å². The Balaban J connectivity index is 1.89. The van der Waals surface area contributed by atoms with E-state index in [4.69, 9.17) is 4.74 Å². The summed E-state index contributed by atoms with van der Waals surface area (Å²) in [6.07, 6.45) is 2.57. The number of hydrogen-bond donors (Lipinski definition) is 0. The van der Waals surface area contributed by atoms with E-state index in [2.05, 4.69) is 0 Å². The zero-order valence-electron chi connectivity index (χ0n) is 8.55. The molecule has 0 saturated carbocycles. The van der Waals surface area contributed by atoms with Crippen LogP contribution in [0.2, 0.25) is 0 Å². The van der Waals surface area contributed by atoms with E-state index in [1.807, 2.05) is 30.3 Å². The van der Waals surface area contributed by atoms with Gasteiger partial charge in [0.1, 0.15) is 0 Å². The summed E-state index contributed by atoms with van der Waals surface area (Å²) >= 11 is 0. The minimum atomic E-state index is -0.896. The molecule has 1 aromatic rings. The van der Waals surface area contributed by atoms with E-state index in [9.17, 15) is 9.59 Å². The third-order valence-electron chi connectivity index (χ3n) is 3.08. The van der Waals surface area contributed by atoms with Gasteiger partial charge < -0.3 is 4.74 Å². The smallest absolute Gasteiger partial charge is 0.191 e. The van der Waals surface area contributed by atoms with Crippen molar-refractivity contribution in [2.24, 2.45) is 0 Å². The van der Waals surface area contributed by atoms with Crippen LogP contribution in [0.5, 0.6) is 0 Å². The van der Waals surface area contributed by atoms with Gasteiger partial charge in [-0.15, -0.1) is 0 Å². The first-order chi connectivity index (χ1) is 7.72. The minimum absolute atomic E-state index is 0.0963. The van der Waals surface area contributed by atoms with E-state index in [1.165, 1.54) is 12.2 Å². The molecule has 0 bridgehead atoms. The Kier molecular flexibility index (Phi) is 1.85. The number of ketones is 2. The maximum atomic E-state index is 11.7. The van der Waals surface area contributed by atoms with Crippen molar-refractivity contribution in [3.63, 3.8) is 0 Å². The fourth-order valence-electron chi connectivity index (χ4n) is 2.16. The van der Waals surface area contributed by atoms with E-state index in [0.29, 0.717) is 6.42 Å². The summed E-state index contributed by atoms with van der Waals surface area (Å²) < 4.78 is 5.33. The fraction of sp³-hybridized carbons (Fsp3) is 0.231. The first-order valence-electron chi connectivity index (χ1n) is 5.20. The van der Waals surface area contributed by atoms with Gasteiger partial charge >= 0.3 is 0 Å². The van der Waals surface area contributed by atoms with Crippen LogP contribution in [-0.2, 0) is 20.7 Å². The molecule has 0 amide bonds. The van der Waals surface area contributed by atoms with Crippen LogP contribution >= 0.6 is 0 Å². The van der Waals surface area contributed by atoms with Gasteiger partial charge in [0, 0.05) is 6.42 Å². The van der Waals surface area contributed by atoms with Crippen LogP contribution in [0, 0.1) is 0 Å². The van der Waals surface area contributed by atoms with Gasteiger partial charge in [-0.2, -0.15) is 0 Å². The largest absolute Gasteiger partial charge is 0.348 e. The third kappa shape index (κ3) is 1.25. The maximum Gasteiger partial charge on any atom is 0.191 e. The molecular weight excluding hydrogens is 204 g/mol. The average Bonchev–Trinajstić information content (AvgIpc) is 3.02. The summed E-state index contributed by atoms with van der Waals surface area (Å²) in [5.74, 6) is -0.198. The fourth-order valence-corrected chi connectivity index (χ4v) is 2.16. The van der Waals surface area contributed by atoms with Crippen molar-refractivity contribution < 1.29 is 14.3 Å². The summed E-state index contributed by atoms with van der Waals surface area (Å²) in [5, 5.41) is 0. The quantitative estimate of drug-likeness (QED) is 0.692. The van der Waals surface area contributed by atoms with Gasteiger partial charge in [0.25, 0.3) is 0 Å². The Morgan fingerprint density at radius 3 is 2.62 bits per heavy atom. The molecule has 2 aliphatic rings. The number of carbonyl (C=O) groups excluding carboxylic acids is 2. The molecule has 3 rings (SSSR count). The molecule has 3 nitrogen and oxygen atoms in total. The van der Waals surface area contributed by atoms with Gasteiger partial charge in [0.05, 0.1) is 0 Å². The number of rotatable bonds is 2. The van der Waals surface area contributed by atoms with Crippen LogP contribution < -0.4 is 0 Å². The lowest BCUT2D eigenvalue weighted by molar-refractivity contribution is -0.121. The molecule has 1 aromatic carbocycles. The summed E-state index contributed by atoms with van der Waals surface area (Å²) in [6.45, 7) is 0. The summed E-state index contributed by atoms with van der Waals surface area (Å²) in [4.78, 5) is 23.2. The number of fused-ring (bicyclic) bond motifs is 1. The highest BCUT2D eigenvalue weighted by Crippen LogP contribution is 2.43. The number of carbonyl (C=O) groups is 2. The SMILES string of the molecule is O=C1C=CC(=O)C2(Cc3ccccc3)OC12. The van der Waals surface area contributed by atoms with Crippen LogP contribution in [0.4, 0.5) is 0 Å². The molecular formula is C13H10O3. The normalized spacial score (nSPS) is 31.4. The Labute approximate surface area is 92.7 Å². The van der Waals surface area contributed by atoms with Gasteiger partial charge in [0.15, 0.2) is 23.3 Å². The molecule has 1 fully saturated rings. The Morgan fingerprint density at radius 2 is 1.88 bits per heavy atom. The van der Waals surface area contributed by atoms with Gasteiger partial charge in [-0.3, -0.25) is 9.59 Å². The lowest BCUT2D eigenvalue weighted by Gasteiger charge is -2.11. The Bertz CT molecular complexity index is 489. The summed E-state index contributed by atoms with van der Waals surface area (Å²) in [6, 6.07) is 9.61. The summed E-state index contributed by atoms with van der Waals surface area (Å²) in [5.41, 5.74) is 0.120. The van der Waals surface area contributed by atoms with Crippen LogP contribution in [0.1, 0.15) is 5.56 Å². The predicted octanol–water partition coefficient (Wildman–Crippen LogP) is 1.07. The first-order valence-corrected chi connectivity index (χ1v) is 5.20. The molecule has 1 aliphatic carbocycles. The maximum absolute atomic E-state index is 11.7. The van der Waals surface area contributed by atoms with Crippen molar-refractivity contribution in [1.29, 1.82) is 0 Å². The zero-order valence-corrected chi connectivity index (χ0v) is 8.55. The highest BCUT2D eigenvalue weighted by Gasteiger charge is 2.65. The highest BCUT2D eigenvalue weighted by atomic mass is 16.6. The molecule has 0 radical (unpaired) electrons. The molecule has 2 atom stereocenters. The van der Waals surface area contributed by atoms with Crippen molar-refractivity contribution in [1.82, 2.24) is 0 Å². The minimum Gasteiger partial charge on any atom is -0.348 e. The van der Waals surface area contributed by atoms with Crippen LogP contribution in [0.15, 0.2) is 42.5 Å². The van der Waals surface area contributed by atoms with Crippen molar-refractivity contribution in [3.8, 4) is 0 Å². The number of epoxide rings is 1. The van der Waals surface area contributed by atoms with Gasteiger partial charge in [-0.1, -0.05) is 30.3 Å². The number of hydrogen-bond acceptors (Lipinski definition) is 3. The lowest BCUT2D eigenvalue weighted by Crippen LogP contribution is -2.34. The molecule has 1 heterocycles. The van der Waals surface area contributed by atoms with Gasteiger partial charge in [0.2, 0.25) is 0 Å². The monoisotopic (exact) mass is 214 g/mol. The van der Waals surface area contributed by atoms with Crippen molar-refractivity contribution in [2.75, 3.05) is 0 Å². The standard InChI is InChI=1S/C13H10O3/c14-10-6-7-11(15)13(12(10)16-13)8-9-4-2-1-3-5-9/h1-7,12H,8H2. The Morgan fingerprint density at radius 1 is 1.12 bits per heavy atom. The predicted molar refractivity (Wildman–Crippen MR) is 56.9 cm³/mol. The van der Waals surface area contributed by atoms with Crippen molar-refractivity contribution in [3.05, 3.63) is 48.0 Å². The van der Waals surface area contributed by atoms with Crippen LogP contribution in [0.25, 0.3) is 0 Å². The lowest BCUT2D eigenvalue weighted by atomic mass is 9.86. The Hall–Kier alpha value is -1.74. The second kappa shape index (κ2) is 3.12. The number of benzene rings is 1. The number of ether oxygens (including phenoxy) is 1. The van der Waals surface area contributed by atoms with Gasteiger partial charge in [-0.05, 0) is 17.7 Å². The van der Waals surface area contributed by atoms with Crippen molar-refractivity contribution >= 4 is 11.6 Å². The third-order valence-corrected chi connectivity index (χ3v) is 3.08. The van der Waals surface area contributed by atoms with Gasteiger partial charge in [-0.25, -0.2) is 0 Å². The van der Waals surface area contributed by atoms with Crippen molar-refractivity contribution in [2.45, 2.75) is 18.1 Å². The second-order valence-corrected chi connectivity index (χ2v) is 4.15. The molecule has 16 heavy (non-hydrogen) atoms. The van der Waals surface area contributed by atoms with Crippen LogP contribution in [0.3, 0.4) is 0 Å². The van der Waals surface area contributed by atoms with E-state index in [1.54, 1.807) is 0 Å². The van der Waals surface area contributed by atoms with E-state index >= 15 is 0 Å². The molecule has 0 spiro atoms. The molecule has 80 valence electrons. The second-order valence-electron chi connectivity index (χ2n) is 4.15. The van der Waals surface area contributed by atoms with E-state index in [0.717, 1.165) is 5.56 Å². The molecule has 1 aliphatic heterocycles. The summed E-state index contributed by atoms with van der Waals surface area (Å²) in [7, 11) is 0. The highest BCUT2D eigenvalue weighted by molar-refractivity contribution is 6.15. The van der Waals surface area contributed by atoms with Crippen LogP contribution in [-0.4, -0.2) is 23.3 Å².